The second-order valence-corrected chi connectivity index (χ2v) is 13.9. The zero-order valence-corrected chi connectivity index (χ0v) is 34.2. The minimum atomic E-state index is -2.37. The maximum absolute atomic E-state index is 15.8. The van der Waals surface area contributed by atoms with E-state index in [1.165, 1.54) is 13.0 Å². The van der Waals surface area contributed by atoms with E-state index in [2.05, 4.69) is 54.8 Å². The third-order valence-corrected chi connectivity index (χ3v) is 8.43. The lowest BCUT2D eigenvalue weighted by Gasteiger charge is -2.25. The number of nitrogens with zero attached hydrogens (tertiary/aromatic N) is 5. The van der Waals surface area contributed by atoms with Crippen LogP contribution in [-0.2, 0) is 4.79 Å². The minimum absolute atomic E-state index is 0.284. The lowest BCUT2D eigenvalue weighted by atomic mass is 10.1. The number of aromatic nitrogens is 1. The second-order valence-electron chi connectivity index (χ2n) is 13.9. The summed E-state index contributed by atoms with van der Waals surface area (Å²) < 4.78 is 28.2. The van der Waals surface area contributed by atoms with Crippen molar-refractivity contribution in [1.82, 2.24) is 9.99 Å². The normalized spacial score (nSPS) is 16.9. The number of ketones is 1. The third-order valence-electron chi connectivity index (χ3n) is 8.43. The molecular formula is C43H60FN7O5. The molecule has 0 amide bonds. The lowest BCUT2D eigenvalue weighted by Crippen LogP contribution is -2.36. The maximum atomic E-state index is 15.8. The van der Waals surface area contributed by atoms with Crippen LogP contribution in [0.2, 0.25) is 0 Å². The molecule has 0 saturated carbocycles. The van der Waals surface area contributed by atoms with E-state index in [9.17, 15) is 4.79 Å². The topological polar surface area (TPSA) is 158 Å². The maximum Gasteiger partial charge on any atom is 0.241 e. The van der Waals surface area contributed by atoms with Gasteiger partial charge in [0.1, 0.15) is 23.0 Å². The van der Waals surface area contributed by atoms with Gasteiger partial charge in [-0.05, 0) is 88.4 Å². The first kappa shape index (κ1) is 45.3. The van der Waals surface area contributed by atoms with Gasteiger partial charge in [0.2, 0.25) is 5.91 Å². The molecule has 0 spiro atoms. The van der Waals surface area contributed by atoms with Gasteiger partial charge in [0.25, 0.3) is 0 Å². The quantitative estimate of drug-likeness (QED) is 0.0458. The van der Waals surface area contributed by atoms with Crippen LogP contribution in [0.4, 0.5) is 15.9 Å². The first-order valence-electron chi connectivity index (χ1n) is 19.4. The van der Waals surface area contributed by atoms with E-state index in [-0.39, 0.29) is 5.78 Å². The highest BCUT2D eigenvalue weighted by Gasteiger charge is 2.25. The molecule has 1 atom stereocenters. The number of hydrogen-bond acceptors (Lipinski definition) is 11. The summed E-state index contributed by atoms with van der Waals surface area (Å²) in [5.74, 6) is 0.358. The number of benzene rings is 1. The largest absolute Gasteiger partial charge is 0.489 e. The number of amidine groups is 1. The summed E-state index contributed by atoms with van der Waals surface area (Å²) in [4.78, 5) is 22.4. The lowest BCUT2D eigenvalue weighted by molar-refractivity contribution is -0.117. The Morgan fingerprint density at radius 3 is 2.59 bits per heavy atom. The van der Waals surface area contributed by atoms with E-state index in [1.54, 1.807) is 23.5 Å². The fraction of sp³-hybridized carbons (Fsp3) is 0.442. The molecule has 1 unspecified atom stereocenters. The van der Waals surface area contributed by atoms with Gasteiger partial charge < -0.3 is 29.9 Å². The average molecular weight is 774 g/mol. The van der Waals surface area contributed by atoms with Crippen molar-refractivity contribution in [2.24, 2.45) is 21.7 Å². The fourth-order valence-electron chi connectivity index (χ4n) is 5.68. The third kappa shape index (κ3) is 14.5. The van der Waals surface area contributed by atoms with Crippen LogP contribution in [0, 0.1) is 25.6 Å². The van der Waals surface area contributed by atoms with Crippen molar-refractivity contribution in [2.45, 2.75) is 99.8 Å². The number of aryl methyl sites for hydroxylation is 2. The zero-order chi connectivity index (χ0) is 41.3. The number of unbranched alkanes of at least 4 members (excludes halogenated alkanes) is 3. The molecule has 0 aliphatic carbocycles. The number of anilines is 2. The number of aliphatic imine (C=N–C) groups is 1. The van der Waals surface area contributed by atoms with Crippen LogP contribution in [0.15, 0.2) is 88.6 Å². The Balaban J connectivity index is 0.000000830. The number of hydrogen-bond donors (Lipinski definition) is 4. The number of allylic oxidation sites excluding steroid dienone is 5. The Morgan fingerprint density at radius 2 is 1.95 bits per heavy atom. The molecule has 56 heavy (non-hydrogen) atoms. The number of pyridine rings is 1. The van der Waals surface area contributed by atoms with E-state index in [1.807, 2.05) is 51.3 Å². The molecule has 1 aromatic heterocycles. The van der Waals surface area contributed by atoms with Crippen LogP contribution in [0.1, 0.15) is 96.9 Å². The van der Waals surface area contributed by atoms with Crippen molar-refractivity contribution >= 4 is 29.3 Å². The van der Waals surface area contributed by atoms with Crippen LogP contribution in [0.5, 0.6) is 11.5 Å². The number of nitrogens with two attached hydrogens (primary N) is 1. The second kappa shape index (κ2) is 22.4. The van der Waals surface area contributed by atoms with Crippen molar-refractivity contribution in [2.75, 3.05) is 29.9 Å². The first-order valence-corrected chi connectivity index (χ1v) is 19.4. The van der Waals surface area contributed by atoms with Gasteiger partial charge >= 0.3 is 0 Å². The molecule has 13 heteroatoms. The summed E-state index contributed by atoms with van der Waals surface area (Å²) in [6, 6.07) is 5.20. The van der Waals surface area contributed by atoms with Gasteiger partial charge in [-0.25, -0.2) is 19.4 Å². The SMILES string of the molecule is C/C=N\N1C=CC(Oc2cc(F)c(NC(=N/C=C/CCC)c3nc4c(cc3C)OCC(C)CN4CCCCC)cc2C)=C/C1=C\CC.CC(=O)/C=C/C(N)(O)O. The number of carbonyl (C=O) groups is 1. The molecular weight excluding hydrogens is 714 g/mol. The molecule has 2 aliphatic rings. The van der Waals surface area contributed by atoms with Gasteiger partial charge in [-0.15, -0.1) is 0 Å². The summed E-state index contributed by atoms with van der Waals surface area (Å²) >= 11 is 0. The van der Waals surface area contributed by atoms with Gasteiger partial charge in [-0.3, -0.25) is 10.5 Å². The monoisotopic (exact) mass is 773 g/mol. The number of nitrogens with one attached hydrogen (secondary N) is 1. The van der Waals surface area contributed by atoms with Crippen molar-refractivity contribution in [3.05, 3.63) is 101 Å². The Hall–Kier alpha value is -5.11. The summed E-state index contributed by atoms with van der Waals surface area (Å²) in [7, 11) is 0. The molecule has 1 aromatic carbocycles. The summed E-state index contributed by atoms with van der Waals surface area (Å²) in [5.41, 5.74) is 8.17. The Labute approximate surface area is 331 Å². The molecule has 2 aromatic rings. The Morgan fingerprint density at radius 1 is 1.18 bits per heavy atom. The van der Waals surface area contributed by atoms with Crippen LogP contribution in [-0.4, -0.2) is 63.6 Å². The highest BCUT2D eigenvalue weighted by molar-refractivity contribution is 6.08. The molecule has 0 radical (unpaired) electrons. The van der Waals surface area contributed by atoms with Crippen molar-refractivity contribution in [3.8, 4) is 11.5 Å². The number of rotatable bonds is 15. The molecule has 2 aliphatic heterocycles. The van der Waals surface area contributed by atoms with Gasteiger partial charge in [0, 0.05) is 49.8 Å². The average Bonchev–Trinajstić information content (AvgIpc) is 3.29. The smallest absolute Gasteiger partial charge is 0.241 e. The molecule has 304 valence electrons. The van der Waals surface area contributed by atoms with Crippen LogP contribution in [0.3, 0.4) is 0 Å². The van der Waals surface area contributed by atoms with E-state index in [4.69, 9.17) is 29.7 Å². The predicted molar refractivity (Wildman–Crippen MR) is 224 cm³/mol. The zero-order valence-electron chi connectivity index (χ0n) is 34.2. The number of halogens is 1. The standard InChI is InChI=1S/C38H51FN6O2.C5H9NO3/c1-8-12-14-18-40-37(36-29(7)22-35-38(43-36)44(19-15-13-9-2)25-27(5)26-46-35)42-33-21-28(6)34(24-32(33)39)47-31-17-20-45(41-11-4)30(23-31)16-10-3;1-4(7)2-3-5(6,8)9/h11,14,16-18,20-24,27H,8-10,12-13,15,19,25-26H2,1-7H3,(H,40,42);2-3,8-9H,6H2,1H3/b18-14+,30-16+,41-11-;3-2+. The number of carbonyl (C=O) groups excluding carboxylic acids is 1. The number of ether oxygens (including phenoxy) is 2. The molecule has 0 saturated heterocycles. The molecule has 0 bridgehead atoms. The van der Waals surface area contributed by atoms with E-state index in [0.717, 1.165) is 92.2 Å². The highest BCUT2D eigenvalue weighted by atomic mass is 19.1. The van der Waals surface area contributed by atoms with E-state index in [0.29, 0.717) is 41.3 Å². The van der Waals surface area contributed by atoms with E-state index < -0.39 is 11.7 Å². The Bertz CT molecular complexity index is 1840. The van der Waals surface area contributed by atoms with Crippen molar-refractivity contribution < 1.29 is 28.9 Å². The Kier molecular flexibility index (Phi) is 18.1. The number of hydrazone groups is 1. The van der Waals surface area contributed by atoms with Crippen molar-refractivity contribution in [1.29, 1.82) is 0 Å². The molecule has 0 fully saturated rings. The van der Waals surface area contributed by atoms with Gasteiger partial charge in [0.15, 0.2) is 23.2 Å². The number of aliphatic hydroxyl groups is 2. The summed E-state index contributed by atoms with van der Waals surface area (Å²) in [6.07, 6.45) is 21.1. The van der Waals surface area contributed by atoms with Gasteiger partial charge in [-0.2, -0.15) is 5.10 Å². The molecule has 3 heterocycles. The molecule has 12 nitrogen and oxygen atoms in total. The van der Waals surface area contributed by atoms with Crippen LogP contribution in [0.25, 0.3) is 0 Å². The van der Waals surface area contributed by atoms with E-state index >= 15 is 4.39 Å². The highest BCUT2D eigenvalue weighted by Crippen LogP contribution is 2.34. The van der Waals surface area contributed by atoms with Gasteiger partial charge in [-0.1, -0.05) is 59.1 Å². The minimum Gasteiger partial charge on any atom is -0.489 e. The van der Waals surface area contributed by atoms with Crippen LogP contribution >= 0.6 is 0 Å². The predicted octanol–water partition coefficient (Wildman–Crippen LogP) is 8.16. The summed E-state index contributed by atoms with van der Waals surface area (Å²) in [6.45, 7) is 18.1. The number of fused-ring (bicyclic) bond motifs is 1. The van der Waals surface area contributed by atoms with Crippen LogP contribution < -0.4 is 25.4 Å². The fourth-order valence-corrected chi connectivity index (χ4v) is 5.68. The summed E-state index contributed by atoms with van der Waals surface area (Å²) in [5, 5.41) is 26.1. The first-order chi connectivity index (χ1) is 26.7. The molecule has 5 N–H and O–H groups in total. The van der Waals surface area contributed by atoms with Crippen molar-refractivity contribution in [3.63, 3.8) is 0 Å². The molecule has 4 rings (SSSR count). The van der Waals surface area contributed by atoms with Gasteiger partial charge in [0.05, 0.1) is 18.0 Å².